The van der Waals surface area contributed by atoms with Crippen molar-refractivity contribution in [2.75, 3.05) is 6.54 Å². The molecule has 1 aromatic heterocycles. The van der Waals surface area contributed by atoms with Crippen LogP contribution in [-0.4, -0.2) is 49.8 Å². The molecule has 132 valence electrons. The second-order valence-corrected chi connectivity index (χ2v) is 6.85. The van der Waals surface area contributed by atoms with Gasteiger partial charge in [-0.2, -0.15) is 0 Å². The summed E-state index contributed by atoms with van der Waals surface area (Å²) in [6, 6.07) is -1.65. The lowest BCUT2D eigenvalue weighted by Crippen LogP contribution is -2.43. The van der Waals surface area contributed by atoms with Crippen LogP contribution in [0.2, 0.25) is 0 Å². The molecule has 0 aromatic carbocycles. The Kier molecular flexibility index (Phi) is 4.54. The Morgan fingerprint density at radius 2 is 1.96 bits per heavy atom. The Labute approximate surface area is 137 Å². The standard InChI is InChI=1S/C15H21N3O6/c1-8-6-17(13(22)16-11(8)19)9-5-10(12(20)21)18(7-9)14(23)24-15(2,3)4/h6,9-10H,5,7H2,1-4H3,(H,20,21)(H,16,19,22)/t9-,10+/m0/s1. The predicted molar refractivity (Wildman–Crippen MR) is 84.1 cm³/mol. The number of amides is 1. The summed E-state index contributed by atoms with van der Waals surface area (Å²) in [4.78, 5) is 50.5. The van der Waals surface area contributed by atoms with Crippen LogP contribution in [0.1, 0.15) is 38.8 Å². The largest absolute Gasteiger partial charge is 0.480 e. The lowest BCUT2D eigenvalue weighted by molar-refractivity contribution is -0.142. The summed E-state index contributed by atoms with van der Waals surface area (Å²) in [5.74, 6) is -1.17. The molecule has 0 saturated carbocycles. The maximum absolute atomic E-state index is 12.3. The van der Waals surface area contributed by atoms with Crippen LogP contribution in [0.3, 0.4) is 0 Å². The van der Waals surface area contributed by atoms with Crippen LogP contribution in [-0.2, 0) is 9.53 Å². The van der Waals surface area contributed by atoms with E-state index in [9.17, 15) is 24.3 Å². The van der Waals surface area contributed by atoms with Crippen molar-refractivity contribution in [3.63, 3.8) is 0 Å². The van der Waals surface area contributed by atoms with Gasteiger partial charge in [-0.05, 0) is 27.7 Å². The van der Waals surface area contributed by atoms with Crippen molar-refractivity contribution in [2.45, 2.75) is 51.8 Å². The fourth-order valence-corrected chi connectivity index (χ4v) is 2.63. The van der Waals surface area contributed by atoms with E-state index >= 15 is 0 Å². The molecule has 2 atom stereocenters. The van der Waals surface area contributed by atoms with Crippen LogP contribution in [0.5, 0.6) is 0 Å². The van der Waals surface area contributed by atoms with Crippen molar-refractivity contribution < 1.29 is 19.4 Å². The van der Waals surface area contributed by atoms with Crippen molar-refractivity contribution in [2.24, 2.45) is 0 Å². The molecule has 1 amide bonds. The van der Waals surface area contributed by atoms with E-state index in [-0.39, 0.29) is 13.0 Å². The number of carboxylic acid groups (broad SMARTS) is 1. The first kappa shape index (κ1) is 17.8. The number of nitrogens with zero attached hydrogens (tertiary/aromatic N) is 2. The lowest BCUT2D eigenvalue weighted by Gasteiger charge is -2.26. The van der Waals surface area contributed by atoms with Gasteiger partial charge in [-0.25, -0.2) is 14.4 Å². The molecule has 2 rings (SSSR count). The second-order valence-electron chi connectivity index (χ2n) is 6.85. The summed E-state index contributed by atoms with van der Waals surface area (Å²) in [5.41, 5.74) is -1.56. The molecule has 1 aromatic rings. The molecule has 2 heterocycles. The van der Waals surface area contributed by atoms with Gasteiger partial charge in [0.25, 0.3) is 5.56 Å². The number of aliphatic carboxylic acids is 1. The van der Waals surface area contributed by atoms with Crippen molar-refractivity contribution in [3.05, 3.63) is 32.6 Å². The zero-order chi connectivity index (χ0) is 18.2. The van der Waals surface area contributed by atoms with Gasteiger partial charge >= 0.3 is 17.8 Å². The van der Waals surface area contributed by atoms with Crippen LogP contribution >= 0.6 is 0 Å². The summed E-state index contributed by atoms with van der Waals surface area (Å²) in [5, 5.41) is 9.37. The molecule has 1 aliphatic rings. The van der Waals surface area contributed by atoms with E-state index in [2.05, 4.69) is 4.98 Å². The highest BCUT2D eigenvalue weighted by Gasteiger charge is 2.42. The van der Waals surface area contributed by atoms with Gasteiger partial charge in [-0.1, -0.05) is 0 Å². The molecule has 0 unspecified atom stereocenters. The average molecular weight is 339 g/mol. The summed E-state index contributed by atoms with van der Waals surface area (Å²) in [6.07, 6.45) is 0.690. The number of aromatic amines is 1. The number of H-pyrrole nitrogens is 1. The Morgan fingerprint density at radius 1 is 1.33 bits per heavy atom. The Bertz CT molecular complexity index is 773. The first-order valence-electron chi connectivity index (χ1n) is 7.54. The number of likely N-dealkylation sites (tertiary alicyclic amines) is 1. The monoisotopic (exact) mass is 339 g/mol. The van der Waals surface area contributed by atoms with E-state index in [1.54, 1.807) is 27.7 Å². The molecule has 2 N–H and O–H groups in total. The smallest absolute Gasteiger partial charge is 0.411 e. The Balaban J connectivity index is 2.32. The van der Waals surface area contributed by atoms with Gasteiger partial charge in [0.1, 0.15) is 11.6 Å². The number of nitrogens with one attached hydrogen (secondary N) is 1. The number of hydrogen-bond acceptors (Lipinski definition) is 5. The summed E-state index contributed by atoms with van der Waals surface area (Å²) < 4.78 is 6.50. The second kappa shape index (κ2) is 6.14. The number of aryl methyl sites for hydroxylation is 1. The molecule has 0 spiro atoms. The van der Waals surface area contributed by atoms with Crippen LogP contribution in [0.4, 0.5) is 4.79 Å². The van der Waals surface area contributed by atoms with Crippen LogP contribution in [0.15, 0.2) is 15.8 Å². The highest BCUT2D eigenvalue weighted by molar-refractivity contribution is 5.81. The fourth-order valence-electron chi connectivity index (χ4n) is 2.63. The quantitative estimate of drug-likeness (QED) is 0.808. The van der Waals surface area contributed by atoms with Gasteiger partial charge in [-0.15, -0.1) is 0 Å². The summed E-state index contributed by atoms with van der Waals surface area (Å²) in [7, 11) is 0. The fraction of sp³-hybridized carbons (Fsp3) is 0.600. The van der Waals surface area contributed by atoms with Crippen molar-refractivity contribution in [1.82, 2.24) is 14.5 Å². The minimum Gasteiger partial charge on any atom is -0.480 e. The van der Waals surface area contributed by atoms with E-state index in [0.29, 0.717) is 5.56 Å². The average Bonchev–Trinajstić information content (AvgIpc) is 2.86. The molecular formula is C15H21N3O6. The summed E-state index contributed by atoms with van der Waals surface area (Å²) in [6.45, 7) is 6.61. The van der Waals surface area contributed by atoms with E-state index in [1.807, 2.05) is 0 Å². The van der Waals surface area contributed by atoms with E-state index < -0.39 is 41.0 Å². The molecule has 0 aliphatic carbocycles. The SMILES string of the molecule is Cc1cn([C@H]2C[C@H](C(=O)O)N(C(=O)OC(C)(C)C)C2)c(=O)[nH]c1=O. The van der Waals surface area contributed by atoms with Crippen molar-refractivity contribution >= 4 is 12.1 Å². The maximum atomic E-state index is 12.3. The predicted octanol–water partition coefficient (Wildman–Crippen LogP) is 0.480. The molecular weight excluding hydrogens is 318 g/mol. The molecule has 1 aliphatic heterocycles. The van der Waals surface area contributed by atoms with Gasteiger partial charge in [0.15, 0.2) is 0 Å². The lowest BCUT2D eigenvalue weighted by atomic mass is 10.1. The van der Waals surface area contributed by atoms with Crippen molar-refractivity contribution in [3.8, 4) is 0 Å². The minimum atomic E-state index is -1.17. The first-order valence-corrected chi connectivity index (χ1v) is 7.54. The van der Waals surface area contributed by atoms with Gasteiger partial charge in [-0.3, -0.25) is 19.2 Å². The van der Waals surface area contributed by atoms with Crippen LogP contribution in [0.25, 0.3) is 0 Å². The van der Waals surface area contributed by atoms with E-state index in [4.69, 9.17) is 4.74 Å². The molecule has 0 radical (unpaired) electrons. The highest BCUT2D eigenvalue weighted by Crippen LogP contribution is 2.28. The highest BCUT2D eigenvalue weighted by atomic mass is 16.6. The molecule has 1 saturated heterocycles. The van der Waals surface area contributed by atoms with Gasteiger partial charge in [0.05, 0.1) is 6.04 Å². The molecule has 0 bridgehead atoms. The van der Waals surface area contributed by atoms with E-state index in [0.717, 1.165) is 4.90 Å². The normalized spacial score (nSPS) is 20.9. The molecule has 1 fully saturated rings. The number of carbonyl (C=O) groups excluding carboxylic acids is 1. The number of ether oxygens (including phenoxy) is 1. The number of carboxylic acids is 1. The van der Waals surface area contributed by atoms with Crippen LogP contribution < -0.4 is 11.2 Å². The summed E-state index contributed by atoms with van der Waals surface area (Å²) >= 11 is 0. The zero-order valence-corrected chi connectivity index (χ0v) is 14.0. The number of rotatable bonds is 2. The topological polar surface area (TPSA) is 122 Å². The Hall–Kier alpha value is -2.58. The molecule has 9 heteroatoms. The molecule has 9 nitrogen and oxygen atoms in total. The van der Waals surface area contributed by atoms with Gasteiger partial charge < -0.3 is 9.84 Å². The van der Waals surface area contributed by atoms with Crippen molar-refractivity contribution in [1.29, 1.82) is 0 Å². The molecule has 24 heavy (non-hydrogen) atoms. The first-order chi connectivity index (χ1) is 11.0. The number of carbonyl (C=O) groups is 2. The maximum Gasteiger partial charge on any atom is 0.411 e. The zero-order valence-electron chi connectivity index (χ0n) is 14.0. The third kappa shape index (κ3) is 3.66. The van der Waals surface area contributed by atoms with Gasteiger partial charge in [0, 0.05) is 24.7 Å². The minimum absolute atomic E-state index is 0.0112. The van der Waals surface area contributed by atoms with Gasteiger partial charge in [0.2, 0.25) is 0 Å². The third-order valence-corrected chi connectivity index (χ3v) is 3.73. The van der Waals surface area contributed by atoms with E-state index in [1.165, 1.54) is 10.8 Å². The third-order valence-electron chi connectivity index (χ3n) is 3.73. The Morgan fingerprint density at radius 3 is 2.50 bits per heavy atom. The number of aromatic nitrogens is 2. The number of hydrogen-bond donors (Lipinski definition) is 2. The van der Waals surface area contributed by atoms with Crippen LogP contribution in [0, 0.1) is 6.92 Å².